The first-order chi connectivity index (χ1) is 17.2. The molecule has 36 heavy (non-hydrogen) atoms. The molecule has 0 spiro atoms. The van der Waals surface area contributed by atoms with Crippen LogP contribution >= 0.6 is 24.0 Å². The minimum atomic E-state index is -0.833. The Morgan fingerprint density at radius 2 is 1.83 bits per heavy atom. The molecule has 9 heteroatoms. The van der Waals surface area contributed by atoms with Gasteiger partial charge in [0.15, 0.2) is 0 Å². The zero-order valence-corrected chi connectivity index (χ0v) is 21.9. The number of hydrogen-bond acceptors (Lipinski definition) is 6. The highest BCUT2D eigenvalue weighted by Crippen LogP contribution is 2.36. The largest absolute Gasteiger partial charge is 0.490 e. The van der Waals surface area contributed by atoms with E-state index in [-0.39, 0.29) is 11.9 Å². The molecule has 1 aliphatic rings. The number of rotatable bonds is 7. The summed E-state index contributed by atoms with van der Waals surface area (Å²) in [5.74, 6) is -0.142. The smallest absolute Gasteiger partial charge is 0.300 e. The van der Waals surface area contributed by atoms with E-state index in [9.17, 15) is 4.79 Å². The lowest BCUT2D eigenvalue weighted by Gasteiger charge is -2.18. The van der Waals surface area contributed by atoms with Gasteiger partial charge >= 0.3 is 0 Å². The highest BCUT2D eigenvalue weighted by molar-refractivity contribution is 8.26. The van der Waals surface area contributed by atoms with Gasteiger partial charge in [-0.15, -0.1) is 0 Å². The van der Waals surface area contributed by atoms with Gasteiger partial charge in [0, 0.05) is 30.3 Å². The summed E-state index contributed by atoms with van der Waals surface area (Å²) >= 11 is 6.76. The third kappa shape index (κ3) is 6.71. The van der Waals surface area contributed by atoms with Crippen molar-refractivity contribution >= 4 is 46.3 Å². The highest BCUT2D eigenvalue weighted by atomic mass is 32.2. The van der Waals surface area contributed by atoms with E-state index in [1.54, 1.807) is 11.0 Å². The minimum Gasteiger partial charge on any atom is -0.490 e. The van der Waals surface area contributed by atoms with Crippen molar-refractivity contribution in [2.45, 2.75) is 26.8 Å². The molecular formula is C27H27N3O4S2. The van der Waals surface area contributed by atoms with E-state index in [1.807, 2.05) is 85.4 Å². The molecule has 0 radical (unpaired) electrons. The van der Waals surface area contributed by atoms with Crippen molar-refractivity contribution in [3.63, 3.8) is 0 Å². The van der Waals surface area contributed by atoms with Crippen molar-refractivity contribution in [3.05, 3.63) is 83.9 Å². The maximum atomic E-state index is 12.9. The lowest BCUT2D eigenvalue weighted by Crippen LogP contribution is -2.34. The summed E-state index contributed by atoms with van der Waals surface area (Å²) in [5.41, 5.74) is 3.49. The number of benzene rings is 2. The van der Waals surface area contributed by atoms with Crippen molar-refractivity contribution in [1.82, 2.24) is 14.7 Å². The Balaban J connectivity index is 0.000000840. The molecule has 7 nitrogen and oxygen atoms in total. The van der Waals surface area contributed by atoms with Gasteiger partial charge in [-0.25, -0.2) is 4.68 Å². The van der Waals surface area contributed by atoms with Gasteiger partial charge in [0.2, 0.25) is 0 Å². The molecule has 1 saturated heterocycles. The van der Waals surface area contributed by atoms with Crippen molar-refractivity contribution in [2.24, 2.45) is 0 Å². The average molecular weight is 522 g/mol. The van der Waals surface area contributed by atoms with E-state index < -0.39 is 5.97 Å². The van der Waals surface area contributed by atoms with E-state index in [2.05, 4.69) is 6.58 Å². The van der Waals surface area contributed by atoms with Crippen LogP contribution in [-0.4, -0.2) is 48.6 Å². The van der Waals surface area contributed by atoms with Gasteiger partial charge in [-0.2, -0.15) is 5.10 Å². The van der Waals surface area contributed by atoms with Crippen molar-refractivity contribution in [1.29, 1.82) is 0 Å². The summed E-state index contributed by atoms with van der Waals surface area (Å²) < 4.78 is 8.00. The van der Waals surface area contributed by atoms with Gasteiger partial charge in [0.1, 0.15) is 16.7 Å². The van der Waals surface area contributed by atoms with Gasteiger partial charge < -0.3 is 9.84 Å². The van der Waals surface area contributed by atoms with Crippen LogP contribution in [0.25, 0.3) is 23.0 Å². The maximum Gasteiger partial charge on any atom is 0.300 e. The Hall–Kier alpha value is -3.69. The van der Waals surface area contributed by atoms with Crippen LogP contribution in [0.1, 0.15) is 26.3 Å². The Bertz CT molecular complexity index is 1280. The Labute approximate surface area is 220 Å². The van der Waals surface area contributed by atoms with Crippen LogP contribution in [-0.2, 0) is 9.59 Å². The number of thiocarbonyl (C=S) groups is 1. The number of carboxylic acids is 1. The number of aliphatic carboxylic acids is 1. The first-order valence-corrected chi connectivity index (χ1v) is 12.4. The first kappa shape index (κ1) is 26.9. The number of ether oxygens (including phenoxy) is 1. The fourth-order valence-electron chi connectivity index (χ4n) is 3.36. The molecule has 3 aromatic rings. The second-order valence-electron chi connectivity index (χ2n) is 8.00. The van der Waals surface area contributed by atoms with Crippen molar-refractivity contribution < 1.29 is 19.4 Å². The zero-order chi connectivity index (χ0) is 26.2. The van der Waals surface area contributed by atoms with Crippen LogP contribution in [0.2, 0.25) is 0 Å². The van der Waals surface area contributed by atoms with Crippen LogP contribution in [0.5, 0.6) is 5.75 Å². The summed E-state index contributed by atoms with van der Waals surface area (Å²) in [6, 6.07) is 17.6. The number of carbonyl (C=O) groups excluding carboxylic acids is 1. The molecule has 1 amide bonds. The average Bonchev–Trinajstić information content (AvgIpc) is 3.38. The molecule has 0 aliphatic carbocycles. The number of carbonyl (C=O) groups is 2. The number of para-hydroxylation sites is 1. The molecule has 186 valence electrons. The van der Waals surface area contributed by atoms with Crippen LogP contribution in [0.15, 0.2) is 78.4 Å². The molecule has 0 saturated carbocycles. The van der Waals surface area contributed by atoms with E-state index >= 15 is 0 Å². The van der Waals surface area contributed by atoms with Crippen LogP contribution in [0.3, 0.4) is 0 Å². The van der Waals surface area contributed by atoms with E-state index in [0.717, 1.165) is 35.2 Å². The van der Waals surface area contributed by atoms with Gasteiger partial charge in [-0.3, -0.25) is 14.5 Å². The van der Waals surface area contributed by atoms with Crippen LogP contribution in [0.4, 0.5) is 0 Å². The Kier molecular flexibility index (Phi) is 9.21. The van der Waals surface area contributed by atoms with Crippen molar-refractivity contribution in [3.8, 4) is 22.7 Å². The number of hydrogen-bond donors (Lipinski definition) is 1. The Morgan fingerprint density at radius 3 is 2.39 bits per heavy atom. The summed E-state index contributed by atoms with van der Waals surface area (Å²) in [5, 5.41) is 12.2. The number of thioether (sulfide) groups is 1. The summed E-state index contributed by atoms with van der Waals surface area (Å²) in [7, 11) is 0. The quantitative estimate of drug-likeness (QED) is 0.239. The number of nitrogens with zero attached hydrogens (tertiary/aromatic N) is 3. The highest BCUT2D eigenvalue weighted by Gasteiger charge is 2.34. The van der Waals surface area contributed by atoms with Gasteiger partial charge in [-0.05, 0) is 56.3 Å². The van der Waals surface area contributed by atoms with E-state index in [0.29, 0.717) is 15.8 Å². The summed E-state index contributed by atoms with van der Waals surface area (Å²) in [6.07, 6.45) is 5.53. The topological polar surface area (TPSA) is 84.7 Å². The second kappa shape index (κ2) is 12.3. The third-order valence-corrected chi connectivity index (χ3v) is 6.22. The number of carboxylic acid groups (broad SMARTS) is 1. The number of amides is 1. The normalized spacial score (nSPS) is 14.1. The fourth-order valence-corrected chi connectivity index (χ4v) is 4.88. The van der Waals surface area contributed by atoms with E-state index in [4.69, 9.17) is 32.0 Å². The molecule has 1 aliphatic heterocycles. The molecule has 0 unspecified atom stereocenters. The third-order valence-electron chi connectivity index (χ3n) is 4.89. The maximum absolute atomic E-state index is 12.9. The van der Waals surface area contributed by atoms with Crippen molar-refractivity contribution in [2.75, 3.05) is 6.61 Å². The van der Waals surface area contributed by atoms with E-state index in [1.165, 1.54) is 11.8 Å². The molecule has 1 N–H and O–H groups in total. The zero-order valence-electron chi connectivity index (χ0n) is 20.2. The molecular weight excluding hydrogens is 494 g/mol. The monoisotopic (exact) mass is 521 g/mol. The molecule has 0 bridgehead atoms. The SMILES string of the molecule is C=CCOc1ccc(-c2nn(-c3ccccc3)cc2C=C2SC(=S)N(C(C)C)C2=O)cc1.CC(=O)O. The Morgan fingerprint density at radius 1 is 1.19 bits per heavy atom. The fraction of sp³-hybridized carbons (Fsp3) is 0.185. The summed E-state index contributed by atoms with van der Waals surface area (Å²) in [6.45, 7) is 9.13. The van der Waals surface area contributed by atoms with Gasteiger partial charge in [0.25, 0.3) is 11.9 Å². The van der Waals surface area contributed by atoms with Crippen LogP contribution in [0, 0.1) is 0 Å². The van der Waals surface area contributed by atoms with Gasteiger partial charge in [0.05, 0.1) is 16.3 Å². The number of aromatic nitrogens is 2. The molecule has 4 rings (SSSR count). The summed E-state index contributed by atoms with van der Waals surface area (Å²) in [4.78, 5) is 24.2. The second-order valence-corrected chi connectivity index (χ2v) is 9.68. The standard InChI is InChI=1S/C25H23N3O2S2.C2H4O2/c1-4-14-30-21-12-10-18(11-13-21)23-19(16-27(26-23)20-8-6-5-7-9-20)15-22-24(29)28(17(2)3)25(31)32-22;1-2(3)4/h4-13,15-17H,1,14H2,2-3H3;1H3,(H,3,4). The molecule has 0 atom stereocenters. The molecule has 2 heterocycles. The molecule has 1 aromatic heterocycles. The minimum absolute atomic E-state index is 0.0167. The molecule has 1 fully saturated rings. The predicted octanol–water partition coefficient (Wildman–Crippen LogP) is 5.80. The van der Waals surface area contributed by atoms with Gasteiger partial charge in [-0.1, -0.05) is 54.8 Å². The van der Waals surface area contributed by atoms with Crippen LogP contribution < -0.4 is 4.74 Å². The molecule has 2 aromatic carbocycles. The lowest BCUT2D eigenvalue weighted by atomic mass is 10.1. The first-order valence-electron chi connectivity index (χ1n) is 11.2. The lowest BCUT2D eigenvalue weighted by molar-refractivity contribution is -0.134. The predicted molar refractivity (Wildman–Crippen MR) is 148 cm³/mol.